The summed E-state index contributed by atoms with van der Waals surface area (Å²) in [5.41, 5.74) is 1.32. The number of hydrogen-bond acceptors (Lipinski definition) is 6. The maximum atomic E-state index is 11.0. The first-order chi connectivity index (χ1) is 11.1. The minimum Gasteiger partial charge on any atom is -0.493 e. The molecule has 0 aliphatic heterocycles. The standard InChI is InChI=1S/C16H18N2O5/c1-21-14-8-11(9-15(22-2)16(14)23-3)10-17-12-6-4-5-7-13(12)18(19)20/h4-9,17H,10H2,1-3H3. The highest BCUT2D eigenvalue weighted by Crippen LogP contribution is 2.38. The topological polar surface area (TPSA) is 82.9 Å². The smallest absolute Gasteiger partial charge is 0.292 e. The molecule has 0 radical (unpaired) electrons. The zero-order chi connectivity index (χ0) is 16.8. The van der Waals surface area contributed by atoms with Crippen LogP contribution < -0.4 is 19.5 Å². The summed E-state index contributed by atoms with van der Waals surface area (Å²) in [4.78, 5) is 10.6. The van der Waals surface area contributed by atoms with E-state index in [9.17, 15) is 10.1 Å². The molecule has 7 nitrogen and oxygen atoms in total. The van der Waals surface area contributed by atoms with Crippen molar-refractivity contribution in [2.75, 3.05) is 26.6 Å². The van der Waals surface area contributed by atoms with E-state index in [1.807, 2.05) is 0 Å². The van der Waals surface area contributed by atoms with Gasteiger partial charge in [0.15, 0.2) is 11.5 Å². The van der Waals surface area contributed by atoms with Crippen LogP contribution in [0.25, 0.3) is 0 Å². The summed E-state index contributed by atoms with van der Waals surface area (Å²) in [6, 6.07) is 10.1. The van der Waals surface area contributed by atoms with Crippen molar-refractivity contribution in [2.24, 2.45) is 0 Å². The fourth-order valence-electron chi connectivity index (χ4n) is 2.22. The van der Waals surface area contributed by atoms with E-state index < -0.39 is 4.92 Å². The zero-order valence-electron chi connectivity index (χ0n) is 13.2. The SMILES string of the molecule is COc1cc(CNc2ccccc2[N+](=O)[O-])cc(OC)c1OC. The van der Waals surface area contributed by atoms with Gasteiger partial charge >= 0.3 is 0 Å². The van der Waals surface area contributed by atoms with Crippen LogP contribution in [0.3, 0.4) is 0 Å². The highest BCUT2D eigenvalue weighted by Gasteiger charge is 2.15. The number of nitro groups is 1. The third-order valence-corrected chi connectivity index (χ3v) is 3.31. The maximum absolute atomic E-state index is 11.0. The van der Waals surface area contributed by atoms with Crippen molar-refractivity contribution >= 4 is 11.4 Å². The summed E-state index contributed by atoms with van der Waals surface area (Å²) >= 11 is 0. The Bertz CT molecular complexity index is 678. The van der Waals surface area contributed by atoms with Gasteiger partial charge in [-0.05, 0) is 23.8 Å². The maximum Gasteiger partial charge on any atom is 0.292 e. The Morgan fingerprint density at radius 1 is 1.04 bits per heavy atom. The molecular weight excluding hydrogens is 300 g/mol. The molecule has 0 amide bonds. The van der Waals surface area contributed by atoms with Crippen LogP contribution in [-0.4, -0.2) is 26.3 Å². The van der Waals surface area contributed by atoms with Crippen molar-refractivity contribution in [2.45, 2.75) is 6.54 Å². The van der Waals surface area contributed by atoms with E-state index >= 15 is 0 Å². The first kappa shape index (κ1) is 16.4. The Balaban J connectivity index is 2.26. The number of methoxy groups -OCH3 is 3. The normalized spacial score (nSPS) is 10.0. The Kier molecular flexibility index (Phi) is 5.24. The lowest BCUT2D eigenvalue weighted by molar-refractivity contribution is -0.384. The van der Waals surface area contributed by atoms with Crippen LogP contribution in [0.4, 0.5) is 11.4 Å². The van der Waals surface area contributed by atoms with Gasteiger partial charge in [0.1, 0.15) is 5.69 Å². The summed E-state index contributed by atoms with van der Waals surface area (Å²) in [6.45, 7) is 0.377. The summed E-state index contributed by atoms with van der Waals surface area (Å²) in [6.07, 6.45) is 0. The van der Waals surface area contributed by atoms with E-state index in [2.05, 4.69) is 5.32 Å². The monoisotopic (exact) mass is 318 g/mol. The fourth-order valence-corrected chi connectivity index (χ4v) is 2.22. The van der Waals surface area contributed by atoms with Gasteiger partial charge < -0.3 is 19.5 Å². The van der Waals surface area contributed by atoms with Crippen LogP contribution in [0.2, 0.25) is 0 Å². The summed E-state index contributed by atoms with van der Waals surface area (Å²) in [7, 11) is 4.61. The van der Waals surface area contributed by atoms with Gasteiger partial charge in [0, 0.05) is 12.6 Å². The van der Waals surface area contributed by atoms with Gasteiger partial charge in [-0.3, -0.25) is 10.1 Å². The highest BCUT2D eigenvalue weighted by atomic mass is 16.6. The number of hydrogen-bond donors (Lipinski definition) is 1. The number of rotatable bonds is 7. The molecule has 0 atom stereocenters. The molecule has 122 valence electrons. The molecule has 0 saturated carbocycles. The molecule has 0 aromatic heterocycles. The number of nitrogens with one attached hydrogen (secondary N) is 1. The fraction of sp³-hybridized carbons (Fsp3) is 0.250. The predicted molar refractivity (Wildman–Crippen MR) is 86.5 cm³/mol. The van der Waals surface area contributed by atoms with E-state index in [-0.39, 0.29) is 5.69 Å². The van der Waals surface area contributed by atoms with Crippen LogP contribution in [0, 0.1) is 10.1 Å². The second-order valence-electron chi connectivity index (χ2n) is 4.66. The minimum absolute atomic E-state index is 0.0277. The molecule has 2 rings (SSSR count). The summed E-state index contributed by atoms with van der Waals surface area (Å²) < 4.78 is 15.9. The summed E-state index contributed by atoms with van der Waals surface area (Å²) in [5.74, 6) is 1.57. The second kappa shape index (κ2) is 7.35. The van der Waals surface area contributed by atoms with E-state index in [0.29, 0.717) is 29.5 Å². The molecule has 0 aliphatic rings. The van der Waals surface area contributed by atoms with E-state index in [4.69, 9.17) is 14.2 Å². The van der Waals surface area contributed by atoms with E-state index in [0.717, 1.165) is 5.56 Å². The Labute approximate surface area is 133 Å². The molecule has 2 aromatic rings. The lowest BCUT2D eigenvalue weighted by Gasteiger charge is -2.14. The number of nitrogens with zero attached hydrogens (tertiary/aromatic N) is 1. The van der Waals surface area contributed by atoms with Crippen LogP contribution >= 0.6 is 0 Å². The quantitative estimate of drug-likeness (QED) is 0.623. The van der Waals surface area contributed by atoms with Gasteiger partial charge in [0.05, 0.1) is 26.3 Å². The highest BCUT2D eigenvalue weighted by molar-refractivity contribution is 5.62. The zero-order valence-corrected chi connectivity index (χ0v) is 13.2. The molecule has 2 aromatic carbocycles. The molecule has 23 heavy (non-hydrogen) atoms. The second-order valence-corrected chi connectivity index (χ2v) is 4.66. The van der Waals surface area contributed by atoms with Gasteiger partial charge in [0.2, 0.25) is 5.75 Å². The first-order valence-electron chi connectivity index (χ1n) is 6.87. The molecular formula is C16H18N2O5. The lowest BCUT2D eigenvalue weighted by Crippen LogP contribution is -2.04. The predicted octanol–water partition coefficient (Wildman–Crippen LogP) is 3.23. The third-order valence-electron chi connectivity index (χ3n) is 3.31. The molecule has 1 N–H and O–H groups in total. The number of anilines is 1. The van der Waals surface area contributed by atoms with Gasteiger partial charge in [-0.25, -0.2) is 0 Å². The molecule has 0 bridgehead atoms. The van der Waals surface area contributed by atoms with Crippen molar-refractivity contribution in [3.05, 3.63) is 52.1 Å². The number of para-hydroxylation sites is 2. The number of nitro benzene ring substituents is 1. The van der Waals surface area contributed by atoms with Crippen molar-refractivity contribution in [1.29, 1.82) is 0 Å². The molecule has 0 aliphatic carbocycles. The van der Waals surface area contributed by atoms with Crippen LogP contribution in [-0.2, 0) is 6.54 Å². The number of ether oxygens (including phenoxy) is 3. The minimum atomic E-state index is -0.419. The Morgan fingerprint density at radius 2 is 1.65 bits per heavy atom. The molecule has 0 heterocycles. The molecule has 7 heteroatoms. The third kappa shape index (κ3) is 3.63. The molecule has 0 spiro atoms. The average molecular weight is 318 g/mol. The Morgan fingerprint density at radius 3 is 2.17 bits per heavy atom. The van der Waals surface area contributed by atoms with Crippen molar-refractivity contribution in [3.63, 3.8) is 0 Å². The van der Waals surface area contributed by atoms with Gasteiger partial charge in [-0.1, -0.05) is 12.1 Å². The van der Waals surface area contributed by atoms with Crippen LogP contribution in [0.5, 0.6) is 17.2 Å². The lowest BCUT2D eigenvalue weighted by atomic mass is 10.1. The van der Waals surface area contributed by atoms with Crippen molar-refractivity contribution in [1.82, 2.24) is 0 Å². The van der Waals surface area contributed by atoms with Crippen molar-refractivity contribution < 1.29 is 19.1 Å². The van der Waals surface area contributed by atoms with Crippen LogP contribution in [0.1, 0.15) is 5.56 Å². The van der Waals surface area contributed by atoms with Gasteiger partial charge in [-0.2, -0.15) is 0 Å². The van der Waals surface area contributed by atoms with E-state index in [1.165, 1.54) is 27.4 Å². The molecule has 0 saturated heterocycles. The average Bonchev–Trinajstić information content (AvgIpc) is 2.58. The van der Waals surface area contributed by atoms with Crippen molar-refractivity contribution in [3.8, 4) is 17.2 Å². The van der Waals surface area contributed by atoms with Gasteiger partial charge in [0.25, 0.3) is 5.69 Å². The Hall–Kier alpha value is -2.96. The first-order valence-corrected chi connectivity index (χ1v) is 6.87. The molecule has 0 fully saturated rings. The summed E-state index contributed by atoms with van der Waals surface area (Å²) in [5, 5.41) is 14.1. The largest absolute Gasteiger partial charge is 0.493 e. The van der Waals surface area contributed by atoms with Crippen LogP contribution in [0.15, 0.2) is 36.4 Å². The number of benzene rings is 2. The van der Waals surface area contributed by atoms with E-state index in [1.54, 1.807) is 30.3 Å². The molecule has 0 unspecified atom stereocenters. The van der Waals surface area contributed by atoms with Gasteiger partial charge in [-0.15, -0.1) is 0 Å².